The van der Waals surface area contributed by atoms with E-state index in [-0.39, 0.29) is 10.8 Å². The average Bonchev–Trinajstić information content (AvgIpc) is 3.04. The van der Waals surface area contributed by atoms with Crippen LogP contribution < -0.4 is 0 Å². The molecule has 0 aromatic carbocycles. The van der Waals surface area contributed by atoms with E-state index in [4.69, 9.17) is 0 Å². The summed E-state index contributed by atoms with van der Waals surface area (Å²) in [5.41, 5.74) is 1.21. The van der Waals surface area contributed by atoms with Crippen LogP contribution in [0.4, 0.5) is 0 Å². The van der Waals surface area contributed by atoms with Gasteiger partial charge in [-0.3, -0.25) is 4.79 Å². The fourth-order valence-electron chi connectivity index (χ4n) is 11.1. The highest BCUT2D eigenvalue weighted by Gasteiger charge is 2.70. The van der Waals surface area contributed by atoms with E-state index < -0.39 is 0 Å². The molecule has 31 heavy (non-hydrogen) atoms. The van der Waals surface area contributed by atoms with E-state index >= 15 is 0 Å². The highest BCUT2D eigenvalue weighted by Crippen LogP contribution is 2.76. The molecule has 5 rings (SSSR count). The second-order valence-electron chi connectivity index (χ2n) is 14.6. The van der Waals surface area contributed by atoms with E-state index in [1.165, 1.54) is 51.4 Å². The molecule has 4 saturated carbocycles. The number of carbonyl (C=O) groups is 1. The summed E-state index contributed by atoms with van der Waals surface area (Å²) in [5, 5.41) is 0. The lowest BCUT2D eigenvalue weighted by atomic mass is 9.32. The molecule has 0 spiro atoms. The fraction of sp³-hybridized carbons (Fsp3) is 0.900. The minimum absolute atomic E-state index is 0.140. The zero-order chi connectivity index (χ0) is 22.6. The lowest BCUT2D eigenvalue weighted by Gasteiger charge is -2.71. The van der Waals surface area contributed by atoms with Crippen molar-refractivity contribution >= 4 is 5.78 Å². The molecular weight excluding hydrogens is 376 g/mol. The van der Waals surface area contributed by atoms with Crippen LogP contribution in [0.1, 0.15) is 107 Å². The van der Waals surface area contributed by atoms with Crippen molar-refractivity contribution in [3.05, 3.63) is 12.2 Å². The highest BCUT2D eigenvalue weighted by atomic mass is 16.1. The molecule has 0 aromatic heterocycles. The normalized spacial score (nSPS) is 55.4. The number of hydrogen-bond acceptors (Lipinski definition) is 1. The molecule has 5 aliphatic rings. The molecule has 0 aliphatic heterocycles. The van der Waals surface area contributed by atoms with Gasteiger partial charge in [-0.05, 0) is 115 Å². The van der Waals surface area contributed by atoms with Crippen molar-refractivity contribution in [2.45, 2.75) is 107 Å². The van der Waals surface area contributed by atoms with Crippen molar-refractivity contribution in [2.75, 3.05) is 0 Å². The third-order valence-corrected chi connectivity index (χ3v) is 13.0. The van der Waals surface area contributed by atoms with Gasteiger partial charge in [0.15, 0.2) is 5.78 Å². The molecule has 0 unspecified atom stereocenters. The summed E-state index contributed by atoms with van der Waals surface area (Å²) in [6, 6.07) is 0. The Morgan fingerprint density at radius 1 is 0.806 bits per heavy atom. The Labute approximate surface area is 192 Å². The second kappa shape index (κ2) is 6.50. The van der Waals surface area contributed by atoms with Crippen LogP contribution in [0.5, 0.6) is 0 Å². The van der Waals surface area contributed by atoms with Crippen molar-refractivity contribution in [2.24, 2.45) is 62.6 Å². The first-order chi connectivity index (χ1) is 14.3. The molecule has 4 fully saturated rings. The molecular formula is C30H48O. The van der Waals surface area contributed by atoms with E-state index in [9.17, 15) is 4.79 Å². The van der Waals surface area contributed by atoms with Gasteiger partial charge in [0.1, 0.15) is 0 Å². The minimum atomic E-state index is -0.174. The summed E-state index contributed by atoms with van der Waals surface area (Å²) in [7, 11) is 0. The van der Waals surface area contributed by atoms with E-state index in [1.807, 2.05) is 6.08 Å². The van der Waals surface area contributed by atoms with E-state index in [1.54, 1.807) is 0 Å². The molecule has 0 bridgehead atoms. The molecule has 9 atom stereocenters. The van der Waals surface area contributed by atoms with Gasteiger partial charge in [-0.2, -0.15) is 0 Å². The molecule has 1 nitrogen and oxygen atoms in total. The van der Waals surface area contributed by atoms with Crippen LogP contribution in [0, 0.1) is 62.6 Å². The van der Waals surface area contributed by atoms with Gasteiger partial charge in [0, 0.05) is 5.41 Å². The van der Waals surface area contributed by atoms with Gasteiger partial charge in [-0.15, -0.1) is 0 Å². The molecule has 0 heterocycles. The topological polar surface area (TPSA) is 17.1 Å². The molecule has 0 amide bonds. The van der Waals surface area contributed by atoms with Crippen LogP contribution in [0.3, 0.4) is 0 Å². The maximum absolute atomic E-state index is 13.6. The monoisotopic (exact) mass is 424 g/mol. The number of fused-ring (bicyclic) bond motifs is 7. The first kappa shape index (κ1) is 22.2. The third kappa shape index (κ3) is 2.59. The third-order valence-electron chi connectivity index (χ3n) is 13.0. The van der Waals surface area contributed by atoms with E-state index in [0.29, 0.717) is 33.9 Å². The maximum Gasteiger partial charge on any atom is 0.161 e. The Morgan fingerprint density at radius 2 is 1.52 bits per heavy atom. The summed E-state index contributed by atoms with van der Waals surface area (Å²) < 4.78 is 0. The second-order valence-corrected chi connectivity index (χ2v) is 14.6. The van der Waals surface area contributed by atoms with Gasteiger partial charge in [-0.1, -0.05) is 61.5 Å². The number of ketones is 1. The van der Waals surface area contributed by atoms with Crippen LogP contribution in [-0.2, 0) is 4.79 Å². The zero-order valence-corrected chi connectivity index (χ0v) is 21.7. The van der Waals surface area contributed by atoms with Crippen molar-refractivity contribution in [1.82, 2.24) is 0 Å². The smallest absolute Gasteiger partial charge is 0.161 e. The van der Waals surface area contributed by atoms with Crippen LogP contribution in [-0.4, -0.2) is 5.78 Å². The quantitative estimate of drug-likeness (QED) is 0.415. The molecule has 0 saturated heterocycles. The first-order valence-electron chi connectivity index (χ1n) is 13.5. The van der Waals surface area contributed by atoms with Crippen LogP contribution >= 0.6 is 0 Å². The van der Waals surface area contributed by atoms with Gasteiger partial charge in [0.2, 0.25) is 0 Å². The van der Waals surface area contributed by atoms with Gasteiger partial charge in [0.05, 0.1) is 0 Å². The summed E-state index contributed by atoms with van der Waals surface area (Å²) in [4.78, 5) is 13.6. The Bertz CT molecular complexity index is 805. The lowest BCUT2D eigenvalue weighted by Crippen LogP contribution is -2.66. The molecule has 5 aliphatic carbocycles. The van der Waals surface area contributed by atoms with Gasteiger partial charge in [0.25, 0.3) is 0 Å². The fourth-order valence-corrected chi connectivity index (χ4v) is 11.1. The zero-order valence-electron chi connectivity index (χ0n) is 21.7. The summed E-state index contributed by atoms with van der Waals surface area (Å²) >= 11 is 0. The predicted octanol–water partition coefficient (Wildman–Crippen LogP) is 8.09. The summed E-state index contributed by atoms with van der Waals surface area (Å²) in [6.07, 6.45) is 15.1. The number of allylic oxidation sites excluding steroid dienone is 2. The van der Waals surface area contributed by atoms with Gasteiger partial charge >= 0.3 is 0 Å². The Balaban J connectivity index is 1.58. The largest absolute Gasteiger partial charge is 0.294 e. The summed E-state index contributed by atoms with van der Waals surface area (Å²) in [6.45, 7) is 20.1. The van der Waals surface area contributed by atoms with Crippen LogP contribution in [0.2, 0.25) is 0 Å². The first-order valence-corrected chi connectivity index (χ1v) is 13.5. The SMILES string of the molecule is CC(C)[C@@H]1CC[C@]2(C)CC[C@]3(C)[C@H](CC[C@@H]4[C@@]5(C)C(=O)C=CC(C)(C)[C@@H]5CC[C@]43C)[C@@H]12. The maximum atomic E-state index is 13.6. The van der Waals surface area contributed by atoms with Crippen LogP contribution in [0.25, 0.3) is 0 Å². The molecule has 0 radical (unpaired) electrons. The lowest BCUT2D eigenvalue weighted by molar-refractivity contribution is -0.223. The Kier molecular flexibility index (Phi) is 4.66. The molecule has 0 N–H and O–H groups in total. The Morgan fingerprint density at radius 3 is 2.19 bits per heavy atom. The number of hydrogen-bond donors (Lipinski definition) is 0. The Hall–Kier alpha value is -0.590. The number of carbonyl (C=O) groups excluding carboxylic acids is 1. The number of rotatable bonds is 1. The molecule has 0 aromatic rings. The van der Waals surface area contributed by atoms with Crippen LogP contribution in [0.15, 0.2) is 12.2 Å². The van der Waals surface area contributed by atoms with Crippen molar-refractivity contribution in [1.29, 1.82) is 0 Å². The minimum Gasteiger partial charge on any atom is -0.294 e. The van der Waals surface area contributed by atoms with Crippen molar-refractivity contribution in [3.8, 4) is 0 Å². The predicted molar refractivity (Wildman–Crippen MR) is 130 cm³/mol. The standard InChI is InChI=1S/C30H48O/c1-19(2)20-11-15-27(5)17-18-28(6)21(25(20)27)9-10-23-29(28,7)16-12-22-26(3,4)14-13-24(31)30(22,23)8/h13-14,19-23,25H,9-12,15-18H2,1-8H3/t20-,21+,22-,23-,25+,27+,28+,29+,30-/m0/s1. The van der Waals surface area contributed by atoms with Gasteiger partial charge < -0.3 is 0 Å². The molecule has 174 valence electrons. The summed E-state index contributed by atoms with van der Waals surface area (Å²) in [5.74, 6) is 4.94. The van der Waals surface area contributed by atoms with Crippen molar-refractivity contribution in [3.63, 3.8) is 0 Å². The van der Waals surface area contributed by atoms with Gasteiger partial charge in [-0.25, -0.2) is 0 Å². The molecule has 1 heteroatoms. The highest BCUT2D eigenvalue weighted by molar-refractivity contribution is 5.96. The average molecular weight is 425 g/mol. The van der Waals surface area contributed by atoms with E-state index in [0.717, 1.165) is 23.7 Å². The van der Waals surface area contributed by atoms with E-state index in [2.05, 4.69) is 61.5 Å². The van der Waals surface area contributed by atoms with Crippen molar-refractivity contribution < 1.29 is 4.79 Å².